The SMILES string of the molecule is CCC1OC(=O)c2c1ccc1c2OCC1=O. The standard InChI is InChI=1S/C12H10O4/c1-2-9-7-4-3-6-8(13)5-15-11(6)10(7)12(14)16-9/h3-4,9H,2,5H2,1H3. The maximum absolute atomic E-state index is 11.7. The monoisotopic (exact) mass is 218 g/mol. The second kappa shape index (κ2) is 3.07. The topological polar surface area (TPSA) is 52.6 Å². The van der Waals surface area contributed by atoms with Crippen molar-refractivity contribution in [3.05, 3.63) is 28.8 Å². The summed E-state index contributed by atoms with van der Waals surface area (Å²) in [6.07, 6.45) is 0.526. The molecule has 1 aromatic carbocycles. The van der Waals surface area contributed by atoms with Gasteiger partial charge in [0.1, 0.15) is 17.4 Å². The highest BCUT2D eigenvalue weighted by Gasteiger charge is 2.37. The number of ketones is 1. The lowest BCUT2D eigenvalue weighted by molar-refractivity contribution is 0.0376. The molecule has 1 unspecified atom stereocenters. The van der Waals surface area contributed by atoms with Crippen molar-refractivity contribution in [2.75, 3.05) is 6.61 Å². The van der Waals surface area contributed by atoms with E-state index in [2.05, 4.69) is 0 Å². The van der Waals surface area contributed by atoms with Crippen molar-refractivity contribution in [1.82, 2.24) is 0 Å². The van der Waals surface area contributed by atoms with Crippen LogP contribution in [0, 0.1) is 0 Å². The Bertz CT molecular complexity index is 504. The fraction of sp³-hybridized carbons (Fsp3) is 0.333. The van der Waals surface area contributed by atoms with Gasteiger partial charge in [0.2, 0.25) is 5.78 Å². The molecule has 2 aliphatic heterocycles. The van der Waals surface area contributed by atoms with Gasteiger partial charge in [-0.05, 0) is 12.5 Å². The zero-order chi connectivity index (χ0) is 11.3. The predicted octanol–water partition coefficient (Wildman–Crippen LogP) is 1.88. The Morgan fingerprint density at radius 3 is 2.94 bits per heavy atom. The Morgan fingerprint density at radius 1 is 1.38 bits per heavy atom. The maximum Gasteiger partial charge on any atom is 0.342 e. The number of carbonyl (C=O) groups excluding carboxylic acids is 2. The Balaban J connectivity index is 2.23. The lowest BCUT2D eigenvalue weighted by Gasteiger charge is -2.06. The van der Waals surface area contributed by atoms with Gasteiger partial charge in [-0.2, -0.15) is 0 Å². The van der Waals surface area contributed by atoms with Crippen LogP contribution in [0.25, 0.3) is 0 Å². The van der Waals surface area contributed by atoms with E-state index in [4.69, 9.17) is 9.47 Å². The van der Waals surface area contributed by atoms with Crippen molar-refractivity contribution in [1.29, 1.82) is 0 Å². The van der Waals surface area contributed by atoms with E-state index in [1.165, 1.54) is 0 Å². The Kier molecular flexibility index (Phi) is 1.80. The molecule has 0 saturated heterocycles. The second-order valence-electron chi connectivity index (χ2n) is 3.92. The molecule has 4 nitrogen and oxygen atoms in total. The molecular formula is C12H10O4. The molecule has 82 valence electrons. The number of Topliss-reactive ketones (excluding diaryl/α,β-unsaturated/α-hetero) is 1. The molecule has 2 heterocycles. The average Bonchev–Trinajstić information content (AvgIpc) is 2.81. The number of carbonyl (C=O) groups is 2. The summed E-state index contributed by atoms with van der Waals surface area (Å²) in [5.41, 5.74) is 1.77. The largest absolute Gasteiger partial charge is 0.484 e. The van der Waals surface area contributed by atoms with Gasteiger partial charge in [-0.3, -0.25) is 4.79 Å². The fourth-order valence-corrected chi connectivity index (χ4v) is 2.22. The van der Waals surface area contributed by atoms with E-state index >= 15 is 0 Å². The van der Waals surface area contributed by atoms with Gasteiger partial charge in [0.25, 0.3) is 0 Å². The van der Waals surface area contributed by atoms with Gasteiger partial charge in [-0.1, -0.05) is 13.0 Å². The van der Waals surface area contributed by atoms with Crippen molar-refractivity contribution in [2.45, 2.75) is 19.4 Å². The molecule has 2 aliphatic rings. The first-order valence-corrected chi connectivity index (χ1v) is 5.26. The minimum Gasteiger partial charge on any atom is -0.484 e. The Labute approximate surface area is 92.2 Å². The number of hydrogen-bond acceptors (Lipinski definition) is 4. The lowest BCUT2D eigenvalue weighted by Crippen LogP contribution is -1.99. The molecule has 16 heavy (non-hydrogen) atoms. The van der Waals surface area contributed by atoms with Gasteiger partial charge < -0.3 is 9.47 Å². The molecule has 0 N–H and O–H groups in total. The van der Waals surface area contributed by atoms with Gasteiger partial charge >= 0.3 is 5.97 Å². The molecular weight excluding hydrogens is 208 g/mol. The Hall–Kier alpha value is -1.84. The zero-order valence-electron chi connectivity index (χ0n) is 8.78. The molecule has 0 bridgehead atoms. The van der Waals surface area contributed by atoms with Crippen LogP contribution in [0.4, 0.5) is 0 Å². The van der Waals surface area contributed by atoms with E-state index in [0.717, 1.165) is 12.0 Å². The number of hydrogen-bond donors (Lipinski definition) is 0. The molecule has 0 saturated carbocycles. The molecule has 4 heteroatoms. The van der Waals surface area contributed by atoms with E-state index in [0.29, 0.717) is 16.9 Å². The molecule has 0 spiro atoms. The van der Waals surface area contributed by atoms with Crippen LogP contribution in [0.3, 0.4) is 0 Å². The number of ether oxygens (including phenoxy) is 2. The Morgan fingerprint density at radius 2 is 2.19 bits per heavy atom. The normalized spacial score (nSPS) is 21.4. The number of esters is 1. The molecule has 0 radical (unpaired) electrons. The highest BCUT2D eigenvalue weighted by Crippen LogP contribution is 2.41. The number of cyclic esters (lactones) is 1. The van der Waals surface area contributed by atoms with E-state index < -0.39 is 0 Å². The summed E-state index contributed by atoms with van der Waals surface area (Å²) < 4.78 is 10.5. The molecule has 1 atom stereocenters. The average molecular weight is 218 g/mol. The summed E-state index contributed by atoms with van der Waals surface area (Å²) in [5, 5.41) is 0. The van der Waals surface area contributed by atoms with Crippen LogP contribution in [0.5, 0.6) is 5.75 Å². The van der Waals surface area contributed by atoms with Crippen LogP contribution in [0.1, 0.15) is 45.7 Å². The van der Waals surface area contributed by atoms with E-state index in [9.17, 15) is 9.59 Å². The maximum atomic E-state index is 11.7. The summed E-state index contributed by atoms with van der Waals surface area (Å²) in [6, 6.07) is 3.51. The predicted molar refractivity (Wildman–Crippen MR) is 54.7 cm³/mol. The van der Waals surface area contributed by atoms with Crippen LogP contribution in [-0.2, 0) is 4.74 Å². The third kappa shape index (κ3) is 1.04. The highest BCUT2D eigenvalue weighted by atomic mass is 16.6. The summed E-state index contributed by atoms with van der Waals surface area (Å²) in [6.45, 7) is 1.97. The molecule has 0 aliphatic carbocycles. The first-order chi connectivity index (χ1) is 7.72. The highest BCUT2D eigenvalue weighted by molar-refractivity contribution is 6.08. The first kappa shape index (κ1) is 9.39. The number of rotatable bonds is 1. The molecule has 0 amide bonds. The van der Waals surface area contributed by atoms with Gasteiger partial charge in [0.05, 0.1) is 5.56 Å². The summed E-state index contributed by atoms with van der Waals surface area (Å²) in [5.74, 6) is -0.0533. The van der Waals surface area contributed by atoms with E-state index in [1.807, 2.05) is 6.92 Å². The van der Waals surface area contributed by atoms with Crippen molar-refractivity contribution in [3.8, 4) is 5.75 Å². The third-order valence-corrected chi connectivity index (χ3v) is 3.01. The second-order valence-corrected chi connectivity index (χ2v) is 3.92. The van der Waals surface area contributed by atoms with Crippen molar-refractivity contribution < 1.29 is 19.1 Å². The zero-order valence-corrected chi connectivity index (χ0v) is 8.78. The van der Waals surface area contributed by atoms with Gasteiger partial charge in [0.15, 0.2) is 6.61 Å². The van der Waals surface area contributed by atoms with Crippen LogP contribution >= 0.6 is 0 Å². The molecule has 1 aromatic rings. The van der Waals surface area contributed by atoms with Gasteiger partial charge in [-0.25, -0.2) is 4.79 Å². The summed E-state index contributed by atoms with van der Waals surface area (Å²) >= 11 is 0. The van der Waals surface area contributed by atoms with Crippen LogP contribution < -0.4 is 4.74 Å². The summed E-state index contributed by atoms with van der Waals surface area (Å²) in [4.78, 5) is 23.1. The van der Waals surface area contributed by atoms with Crippen molar-refractivity contribution >= 4 is 11.8 Å². The first-order valence-electron chi connectivity index (χ1n) is 5.26. The minimum atomic E-state index is -0.381. The quantitative estimate of drug-likeness (QED) is 0.675. The van der Waals surface area contributed by atoms with Crippen molar-refractivity contribution in [3.63, 3.8) is 0 Å². The number of fused-ring (bicyclic) bond motifs is 3. The van der Waals surface area contributed by atoms with Crippen LogP contribution in [0.2, 0.25) is 0 Å². The lowest BCUT2D eigenvalue weighted by atomic mass is 9.99. The fourth-order valence-electron chi connectivity index (χ4n) is 2.22. The smallest absolute Gasteiger partial charge is 0.342 e. The molecule has 3 rings (SSSR count). The van der Waals surface area contributed by atoms with Gasteiger partial charge in [-0.15, -0.1) is 0 Å². The molecule has 0 fully saturated rings. The minimum absolute atomic E-state index is 0.0237. The molecule has 0 aromatic heterocycles. The van der Waals surface area contributed by atoms with Crippen LogP contribution in [0.15, 0.2) is 12.1 Å². The van der Waals surface area contributed by atoms with E-state index in [-0.39, 0.29) is 24.5 Å². The number of benzene rings is 1. The van der Waals surface area contributed by atoms with Crippen LogP contribution in [-0.4, -0.2) is 18.4 Å². The third-order valence-electron chi connectivity index (χ3n) is 3.01. The van der Waals surface area contributed by atoms with Crippen molar-refractivity contribution in [2.24, 2.45) is 0 Å². The summed E-state index contributed by atoms with van der Waals surface area (Å²) in [7, 11) is 0. The van der Waals surface area contributed by atoms with E-state index in [1.54, 1.807) is 12.1 Å². The van der Waals surface area contributed by atoms with Gasteiger partial charge in [0, 0.05) is 5.56 Å².